The van der Waals surface area contributed by atoms with Gasteiger partial charge >= 0.3 is 8.80 Å². The van der Waals surface area contributed by atoms with Crippen molar-refractivity contribution in [1.29, 1.82) is 0 Å². The van der Waals surface area contributed by atoms with Gasteiger partial charge in [-0.15, -0.1) is 0 Å². The van der Waals surface area contributed by atoms with Gasteiger partial charge in [0.25, 0.3) is 0 Å². The largest absolute Gasteiger partial charge is 0.500 e. The number of carbonyl (C=O) groups is 1. The molecule has 0 radical (unpaired) electrons. The van der Waals surface area contributed by atoms with Crippen LogP contribution in [0.1, 0.15) is 66.2 Å². The highest BCUT2D eigenvalue weighted by molar-refractivity contribution is 6.60. The first-order valence-electron chi connectivity index (χ1n) is 9.40. The number of aliphatic hydroxyl groups is 1. The summed E-state index contributed by atoms with van der Waals surface area (Å²) in [4.78, 5) is 11.8. The van der Waals surface area contributed by atoms with Gasteiger partial charge in [0.1, 0.15) is 0 Å². The Morgan fingerprint density at radius 1 is 1.00 bits per heavy atom. The topological polar surface area (TPSA) is 77.0 Å². The molecule has 0 aliphatic rings. The summed E-state index contributed by atoms with van der Waals surface area (Å²) in [7, 11) is -2.61. The lowest BCUT2D eigenvalue weighted by Crippen LogP contribution is -2.46. The molecule has 0 saturated heterocycles. The van der Waals surface area contributed by atoms with Gasteiger partial charge in [0.2, 0.25) is 5.91 Å². The molecule has 1 atom stereocenters. The average Bonchev–Trinajstić information content (AvgIpc) is 2.55. The Bertz CT molecular complexity index is 300. The molecule has 1 unspecified atom stereocenters. The van der Waals surface area contributed by atoms with E-state index >= 15 is 0 Å². The van der Waals surface area contributed by atoms with Crippen molar-refractivity contribution in [3.63, 3.8) is 0 Å². The lowest BCUT2D eigenvalue weighted by Gasteiger charge is -2.28. The molecule has 0 fully saturated rings. The Hall–Kier alpha value is -0.473. The van der Waals surface area contributed by atoms with Gasteiger partial charge < -0.3 is 23.7 Å². The maximum atomic E-state index is 11.8. The van der Waals surface area contributed by atoms with Crippen LogP contribution < -0.4 is 5.32 Å². The molecule has 0 heterocycles. The standard InChI is InChI=1S/C17H37NO5Si/c1-5-9-11-16(19)12-13-17(20)18-14-10-15-24(21-6-2,22-7-3)23-8-4/h16,19H,5-15H2,1-4H3,(H,18,20). The fourth-order valence-corrected chi connectivity index (χ4v) is 5.12. The van der Waals surface area contributed by atoms with E-state index in [1.54, 1.807) is 0 Å². The molecule has 0 spiro atoms. The monoisotopic (exact) mass is 363 g/mol. The molecule has 0 bridgehead atoms. The molecule has 0 saturated carbocycles. The van der Waals surface area contributed by atoms with E-state index < -0.39 is 8.80 Å². The summed E-state index contributed by atoms with van der Waals surface area (Å²) in [6, 6.07) is 0.696. The van der Waals surface area contributed by atoms with Crippen LogP contribution in [-0.2, 0) is 18.1 Å². The zero-order valence-corrected chi connectivity index (χ0v) is 16.9. The maximum absolute atomic E-state index is 11.8. The number of rotatable bonds is 16. The van der Waals surface area contributed by atoms with Crippen molar-refractivity contribution in [2.45, 2.75) is 78.4 Å². The normalized spacial score (nSPS) is 13.0. The summed E-state index contributed by atoms with van der Waals surface area (Å²) in [6.45, 7) is 10.2. The van der Waals surface area contributed by atoms with E-state index in [9.17, 15) is 9.90 Å². The molecule has 7 heteroatoms. The van der Waals surface area contributed by atoms with Crippen molar-refractivity contribution in [3.8, 4) is 0 Å². The van der Waals surface area contributed by atoms with Gasteiger partial charge in [-0.05, 0) is 40.0 Å². The second kappa shape index (κ2) is 14.8. The minimum absolute atomic E-state index is 0.0120. The Morgan fingerprint density at radius 2 is 1.58 bits per heavy atom. The van der Waals surface area contributed by atoms with Gasteiger partial charge in [-0.2, -0.15) is 0 Å². The highest BCUT2D eigenvalue weighted by Crippen LogP contribution is 2.17. The van der Waals surface area contributed by atoms with Crippen molar-refractivity contribution in [1.82, 2.24) is 5.32 Å². The molecule has 144 valence electrons. The predicted octanol–water partition coefficient (Wildman–Crippen LogP) is 2.87. The van der Waals surface area contributed by atoms with Crippen LogP contribution in [0.5, 0.6) is 0 Å². The van der Waals surface area contributed by atoms with Gasteiger partial charge in [0, 0.05) is 38.8 Å². The third-order valence-electron chi connectivity index (χ3n) is 3.67. The van der Waals surface area contributed by atoms with Gasteiger partial charge in [0.05, 0.1) is 6.10 Å². The van der Waals surface area contributed by atoms with Crippen LogP contribution in [0.3, 0.4) is 0 Å². The van der Waals surface area contributed by atoms with Gasteiger partial charge in [-0.25, -0.2) is 0 Å². The minimum atomic E-state index is -2.61. The highest BCUT2D eigenvalue weighted by atomic mass is 28.4. The Balaban J connectivity index is 4.03. The average molecular weight is 364 g/mol. The quantitative estimate of drug-likeness (QED) is 0.326. The van der Waals surface area contributed by atoms with Gasteiger partial charge in [0.15, 0.2) is 0 Å². The molecule has 0 aromatic carbocycles. The number of nitrogens with one attached hydrogen (secondary N) is 1. The third-order valence-corrected chi connectivity index (χ3v) is 6.82. The van der Waals surface area contributed by atoms with E-state index in [-0.39, 0.29) is 12.0 Å². The van der Waals surface area contributed by atoms with Crippen LogP contribution in [0.4, 0.5) is 0 Å². The lowest BCUT2D eigenvalue weighted by molar-refractivity contribution is -0.121. The number of hydrogen-bond acceptors (Lipinski definition) is 5. The van der Waals surface area contributed by atoms with Crippen LogP contribution in [0.2, 0.25) is 6.04 Å². The Labute approximate surface area is 148 Å². The zero-order valence-electron chi connectivity index (χ0n) is 15.9. The first-order valence-corrected chi connectivity index (χ1v) is 11.3. The van der Waals surface area contributed by atoms with E-state index in [1.807, 2.05) is 20.8 Å². The summed E-state index contributed by atoms with van der Waals surface area (Å²) in [6.07, 6.45) is 4.13. The van der Waals surface area contributed by atoms with E-state index in [0.29, 0.717) is 45.3 Å². The van der Waals surface area contributed by atoms with Crippen LogP contribution in [0.25, 0.3) is 0 Å². The summed E-state index contributed by atoms with van der Waals surface area (Å²) in [5.41, 5.74) is 0. The van der Waals surface area contributed by atoms with Crippen molar-refractivity contribution < 1.29 is 23.2 Å². The molecule has 0 aromatic rings. The fourth-order valence-electron chi connectivity index (χ4n) is 2.50. The van der Waals surface area contributed by atoms with E-state index in [0.717, 1.165) is 25.7 Å². The van der Waals surface area contributed by atoms with Crippen molar-refractivity contribution in [3.05, 3.63) is 0 Å². The molecule has 0 aliphatic heterocycles. The molecule has 0 rings (SSSR count). The van der Waals surface area contributed by atoms with Gasteiger partial charge in [-0.1, -0.05) is 19.8 Å². The molecule has 2 N–H and O–H groups in total. The molecule has 1 amide bonds. The van der Waals surface area contributed by atoms with Crippen LogP contribution >= 0.6 is 0 Å². The van der Waals surface area contributed by atoms with Crippen LogP contribution in [0, 0.1) is 0 Å². The SMILES string of the molecule is CCCCC(O)CCC(=O)NCCC[Si](OCC)(OCC)OCC. The summed E-state index contributed by atoms with van der Waals surface area (Å²) in [5, 5.41) is 12.7. The van der Waals surface area contributed by atoms with Crippen molar-refractivity contribution in [2.75, 3.05) is 26.4 Å². The maximum Gasteiger partial charge on any atom is 0.500 e. The Kier molecular flexibility index (Phi) is 14.5. The summed E-state index contributed by atoms with van der Waals surface area (Å²) in [5.74, 6) is -0.0120. The minimum Gasteiger partial charge on any atom is -0.393 e. The second-order valence-corrected chi connectivity index (χ2v) is 8.50. The van der Waals surface area contributed by atoms with Crippen molar-refractivity contribution >= 4 is 14.7 Å². The third kappa shape index (κ3) is 11.1. The smallest absolute Gasteiger partial charge is 0.393 e. The number of aliphatic hydroxyl groups excluding tert-OH is 1. The number of hydrogen-bond donors (Lipinski definition) is 2. The number of carbonyl (C=O) groups excluding carboxylic acids is 1. The molecule has 6 nitrogen and oxygen atoms in total. The molecular weight excluding hydrogens is 326 g/mol. The second-order valence-electron chi connectivity index (χ2n) is 5.77. The Morgan fingerprint density at radius 3 is 2.08 bits per heavy atom. The van der Waals surface area contributed by atoms with E-state index in [1.165, 1.54) is 0 Å². The predicted molar refractivity (Wildman–Crippen MR) is 97.8 cm³/mol. The molecule has 0 aliphatic carbocycles. The molecular formula is C17H37NO5Si. The summed E-state index contributed by atoms with van der Waals surface area (Å²) >= 11 is 0. The van der Waals surface area contributed by atoms with Crippen LogP contribution in [-0.4, -0.2) is 52.3 Å². The fraction of sp³-hybridized carbons (Fsp3) is 0.941. The zero-order chi connectivity index (χ0) is 18.3. The lowest BCUT2D eigenvalue weighted by atomic mass is 10.1. The summed E-state index contributed by atoms with van der Waals surface area (Å²) < 4.78 is 17.3. The molecule has 24 heavy (non-hydrogen) atoms. The van der Waals surface area contributed by atoms with Crippen molar-refractivity contribution in [2.24, 2.45) is 0 Å². The van der Waals surface area contributed by atoms with Crippen LogP contribution in [0.15, 0.2) is 0 Å². The highest BCUT2D eigenvalue weighted by Gasteiger charge is 2.39. The van der Waals surface area contributed by atoms with E-state index in [2.05, 4.69) is 12.2 Å². The van der Waals surface area contributed by atoms with E-state index in [4.69, 9.17) is 13.3 Å². The van der Waals surface area contributed by atoms with Gasteiger partial charge in [-0.3, -0.25) is 4.79 Å². The number of amides is 1. The first kappa shape index (κ1) is 23.5. The first-order chi connectivity index (χ1) is 11.5. The molecule has 0 aromatic heterocycles. The number of unbranched alkanes of at least 4 members (excludes halogenated alkanes) is 1.